The average molecular weight is 438 g/mol. The van der Waals surface area contributed by atoms with Gasteiger partial charge in [0.25, 0.3) is 5.56 Å². The van der Waals surface area contributed by atoms with E-state index >= 15 is 0 Å². The second-order valence-electron chi connectivity index (χ2n) is 9.93. The van der Waals surface area contributed by atoms with Crippen molar-refractivity contribution in [1.82, 2.24) is 9.55 Å². The van der Waals surface area contributed by atoms with Gasteiger partial charge < -0.3 is 5.32 Å². The summed E-state index contributed by atoms with van der Waals surface area (Å²) in [4.78, 5) is 33.0. The minimum atomic E-state index is -0.647. The lowest BCUT2D eigenvalue weighted by atomic mass is 9.72. The lowest BCUT2D eigenvalue weighted by Gasteiger charge is -2.33. The fourth-order valence-corrected chi connectivity index (χ4v) is 5.69. The maximum atomic E-state index is 13.4. The van der Waals surface area contributed by atoms with Crippen LogP contribution in [0.4, 0.5) is 5.69 Å². The number of nitrogens with one attached hydrogen (secondary N) is 1. The number of rotatable bonds is 3. The molecule has 1 aliphatic carbocycles. The van der Waals surface area contributed by atoms with E-state index in [1.165, 1.54) is 15.8 Å². The smallest absolute Gasteiger partial charge is 0.263 e. The highest BCUT2D eigenvalue weighted by molar-refractivity contribution is 7.18. The number of carbonyl (C=O) groups excluding carboxylic acids is 1. The summed E-state index contributed by atoms with van der Waals surface area (Å²) >= 11 is 1.64. The highest BCUT2D eigenvalue weighted by Crippen LogP contribution is 2.42. The van der Waals surface area contributed by atoms with Gasteiger partial charge in [-0.2, -0.15) is 0 Å². The predicted molar refractivity (Wildman–Crippen MR) is 128 cm³/mol. The van der Waals surface area contributed by atoms with E-state index in [0.29, 0.717) is 11.3 Å². The Morgan fingerprint density at radius 3 is 2.74 bits per heavy atom. The number of aryl methyl sites for hydroxylation is 3. The zero-order valence-electron chi connectivity index (χ0n) is 19.2. The lowest BCUT2D eigenvalue weighted by Crippen LogP contribution is -2.32. The van der Waals surface area contributed by atoms with Crippen LogP contribution in [0.15, 0.2) is 29.3 Å². The first-order valence-electron chi connectivity index (χ1n) is 11.0. The van der Waals surface area contributed by atoms with Gasteiger partial charge in [-0.15, -0.1) is 11.3 Å². The van der Waals surface area contributed by atoms with Crippen LogP contribution < -0.4 is 10.9 Å². The van der Waals surface area contributed by atoms with Crippen molar-refractivity contribution in [2.24, 2.45) is 11.3 Å². The first-order chi connectivity index (χ1) is 14.6. The van der Waals surface area contributed by atoms with E-state index in [1.807, 2.05) is 32.0 Å². The van der Waals surface area contributed by atoms with Crippen molar-refractivity contribution in [2.75, 3.05) is 5.32 Å². The summed E-state index contributed by atoms with van der Waals surface area (Å²) < 4.78 is 1.48. The van der Waals surface area contributed by atoms with Crippen LogP contribution in [0.5, 0.6) is 0 Å². The normalized spacial score (nSPS) is 17.4. The maximum Gasteiger partial charge on any atom is 0.263 e. The molecule has 164 valence electrons. The highest BCUT2D eigenvalue weighted by Gasteiger charge is 2.32. The quantitative estimate of drug-likeness (QED) is 0.595. The topological polar surface area (TPSA) is 64.0 Å². The number of anilines is 1. The molecular formula is C25H31N3O2S. The Hall–Kier alpha value is -2.47. The van der Waals surface area contributed by atoms with Crippen LogP contribution >= 0.6 is 11.3 Å². The second kappa shape index (κ2) is 7.90. The van der Waals surface area contributed by atoms with Crippen LogP contribution in [0.3, 0.4) is 0 Å². The number of nitrogens with zero attached hydrogens (tertiary/aromatic N) is 2. The standard InChI is InChI=1S/C25H31N3O2S/c1-14-7-8-15(2)19(11-14)27-22(29)16(3)28-13-26-23-21(24(28)30)18-10-9-17(25(4,5)6)12-20(18)31-23/h7-8,11,13,16-17H,9-10,12H2,1-6H3,(H,27,29). The monoisotopic (exact) mass is 437 g/mol. The number of hydrogen-bond donors (Lipinski definition) is 1. The van der Waals surface area contributed by atoms with Crippen molar-refractivity contribution in [2.45, 2.75) is 66.8 Å². The molecule has 1 amide bonds. The second-order valence-corrected chi connectivity index (χ2v) is 11.0. The Morgan fingerprint density at radius 1 is 1.29 bits per heavy atom. The van der Waals surface area contributed by atoms with Gasteiger partial charge in [-0.25, -0.2) is 4.98 Å². The third kappa shape index (κ3) is 4.05. The molecule has 0 saturated heterocycles. The summed E-state index contributed by atoms with van der Waals surface area (Å²) in [5.41, 5.74) is 4.14. The number of hydrogen-bond acceptors (Lipinski definition) is 4. The van der Waals surface area contributed by atoms with Crippen LogP contribution in [0.1, 0.15) is 61.7 Å². The number of aromatic nitrogens is 2. The van der Waals surface area contributed by atoms with Crippen LogP contribution in [0, 0.1) is 25.2 Å². The molecule has 2 atom stereocenters. The van der Waals surface area contributed by atoms with E-state index < -0.39 is 6.04 Å². The molecule has 31 heavy (non-hydrogen) atoms. The number of thiophene rings is 1. The van der Waals surface area contributed by atoms with Crippen LogP contribution in [0.25, 0.3) is 10.2 Å². The summed E-state index contributed by atoms with van der Waals surface area (Å²) in [6.07, 6.45) is 4.52. The molecule has 6 heteroatoms. The van der Waals surface area contributed by atoms with E-state index in [1.54, 1.807) is 18.3 Å². The molecule has 0 radical (unpaired) electrons. The fraction of sp³-hybridized carbons (Fsp3) is 0.480. The third-order valence-corrected chi connectivity index (χ3v) is 7.83. The summed E-state index contributed by atoms with van der Waals surface area (Å²) in [7, 11) is 0. The van der Waals surface area contributed by atoms with Crippen molar-refractivity contribution in [3.05, 3.63) is 56.4 Å². The number of carbonyl (C=O) groups is 1. The molecule has 1 aromatic carbocycles. The Morgan fingerprint density at radius 2 is 2.03 bits per heavy atom. The number of amides is 1. The Bertz CT molecular complexity index is 1220. The molecule has 1 aliphatic rings. The van der Waals surface area contributed by atoms with Crippen molar-refractivity contribution in [3.8, 4) is 0 Å². The van der Waals surface area contributed by atoms with Crippen LogP contribution in [-0.2, 0) is 17.6 Å². The average Bonchev–Trinajstić information content (AvgIpc) is 3.08. The van der Waals surface area contributed by atoms with E-state index in [2.05, 4.69) is 31.1 Å². The third-order valence-electron chi connectivity index (χ3n) is 6.67. The van der Waals surface area contributed by atoms with E-state index in [-0.39, 0.29) is 16.9 Å². The summed E-state index contributed by atoms with van der Waals surface area (Å²) in [5.74, 6) is 0.395. The predicted octanol–water partition coefficient (Wildman–Crippen LogP) is 5.43. The Balaban J connectivity index is 1.66. The molecule has 0 fully saturated rings. The molecule has 0 saturated carbocycles. The van der Waals surface area contributed by atoms with Gasteiger partial charge in [-0.3, -0.25) is 14.2 Å². The molecular weight excluding hydrogens is 406 g/mol. The van der Waals surface area contributed by atoms with Gasteiger partial charge in [0.05, 0.1) is 11.7 Å². The molecule has 0 spiro atoms. The fourth-order valence-electron chi connectivity index (χ4n) is 4.43. The maximum absolute atomic E-state index is 13.4. The number of benzene rings is 1. The highest BCUT2D eigenvalue weighted by atomic mass is 32.1. The van der Waals surface area contributed by atoms with Crippen molar-refractivity contribution < 1.29 is 4.79 Å². The zero-order valence-corrected chi connectivity index (χ0v) is 20.0. The molecule has 1 N–H and O–H groups in total. The lowest BCUT2D eigenvalue weighted by molar-refractivity contribution is -0.118. The van der Waals surface area contributed by atoms with Crippen LogP contribution in [-0.4, -0.2) is 15.5 Å². The molecule has 5 nitrogen and oxygen atoms in total. The summed E-state index contributed by atoms with van der Waals surface area (Å²) in [6, 6.07) is 5.30. The molecule has 2 unspecified atom stereocenters. The summed E-state index contributed by atoms with van der Waals surface area (Å²) in [6.45, 7) is 12.6. The Kier molecular flexibility index (Phi) is 5.54. The van der Waals surface area contributed by atoms with Gasteiger partial charge in [-0.05, 0) is 74.1 Å². The van der Waals surface area contributed by atoms with Gasteiger partial charge in [0.2, 0.25) is 5.91 Å². The minimum absolute atomic E-state index is 0.111. The molecule has 2 heterocycles. The first kappa shape index (κ1) is 21.8. The van der Waals surface area contributed by atoms with Gasteiger partial charge >= 0.3 is 0 Å². The first-order valence-corrected chi connectivity index (χ1v) is 11.8. The van der Waals surface area contributed by atoms with Gasteiger partial charge in [0.1, 0.15) is 10.9 Å². The SMILES string of the molecule is Cc1ccc(C)c(NC(=O)C(C)n2cnc3sc4c(c3c2=O)CCC(C(C)(C)C)C4)c1. The molecule has 3 aromatic rings. The van der Waals surface area contributed by atoms with Crippen molar-refractivity contribution in [3.63, 3.8) is 0 Å². The minimum Gasteiger partial charge on any atom is -0.324 e. The van der Waals surface area contributed by atoms with Crippen LogP contribution in [0.2, 0.25) is 0 Å². The molecule has 4 rings (SSSR count). The number of fused-ring (bicyclic) bond motifs is 3. The molecule has 0 aliphatic heterocycles. The molecule has 2 aromatic heterocycles. The zero-order chi connectivity index (χ0) is 22.5. The van der Waals surface area contributed by atoms with E-state index in [0.717, 1.165) is 46.5 Å². The Labute approximate surface area is 187 Å². The van der Waals surface area contributed by atoms with Gasteiger partial charge in [-0.1, -0.05) is 32.9 Å². The largest absolute Gasteiger partial charge is 0.324 e. The van der Waals surface area contributed by atoms with Crippen molar-refractivity contribution in [1.29, 1.82) is 0 Å². The summed E-state index contributed by atoms with van der Waals surface area (Å²) in [5, 5.41) is 3.69. The van der Waals surface area contributed by atoms with Gasteiger partial charge in [0, 0.05) is 10.6 Å². The van der Waals surface area contributed by atoms with Gasteiger partial charge in [0.15, 0.2) is 0 Å². The van der Waals surface area contributed by atoms with Crippen molar-refractivity contribution >= 4 is 33.1 Å². The molecule has 0 bridgehead atoms. The van der Waals surface area contributed by atoms with E-state index in [4.69, 9.17) is 0 Å². The van der Waals surface area contributed by atoms with E-state index in [9.17, 15) is 9.59 Å².